The van der Waals surface area contributed by atoms with E-state index in [9.17, 15) is 4.79 Å². The fourth-order valence-corrected chi connectivity index (χ4v) is 4.26. The smallest absolute Gasteiger partial charge is 0.246 e. The average molecular weight is 331 g/mol. The lowest BCUT2D eigenvalue weighted by Gasteiger charge is -2.28. The summed E-state index contributed by atoms with van der Waals surface area (Å²) >= 11 is 0. The Morgan fingerprint density at radius 3 is 3.17 bits per heavy atom. The molecule has 1 aromatic heterocycles. The van der Waals surface area contributed by atoms with Crippen LogP contribution in [-0.4, -0.2) is 60.3 Å². The Bertz CT molecular complexity index is 617. The van der Waals surface area contributed by atoms with Crippen LogP contribution in [0.3, 0.4) is 0 Å². The Labute approximate surface area is 142 Å². The molecule has 3 saturated heterocycles. The molecule has 1 amide bonds. The molecular weight excluding hydrogens is 306 g/mol. The summed E-state index contributed by atoms with van der Waals surface area (Å²) in [6.07, 6.45) is 1.46. The number of fused-ring (bicyclic) bond motifs is 1. The van der Waals surface area contributed by atoms with E-state index in [0.717, 1.165) is 50.6 Å². The van der Waals surface area contributed by atoms with Crippen molar-refractivity contribution >= 4 is 5.91 Å². The predicted octanol–water partition coefficient (Wildman–Crippen LogP) is 1.39. The highest BCUT2D eigenvalue weighted by Gasteiger charge is 2.52. The molecule has 130 valence electrons. The van der Waals surface area contributed by atoms with E-state index >= 15 is 0 Å². The van der Waals surface area contributed by atoms with Gasteiger partial charge in [0.15, 0.2) is 0 Å². The average Bonchev–Trinajstić information content (AvgIpc) is 3.22. The Kier molecular flexibility index (Phi) is 4.28. The van der Waals surface area contributed by atoms with Gasteiger partial charge in [-0.2, -0.15) is 0 Å². The second kappa shape index (κ2) is 6.43. The maximum atomic E-state index is 12.6. The molecule has 0 aliphatic carbocycles. The third kappa shape index (κ3) is 3.06. The minimum atomic E-state index is -0.0626. The van der Waals surface area contributed by atoms with E-state index in [-0.39, 0.29) is 11.3 Å². The fourth-order valence-electron chi connectivity index (χ4n) is 4.26. The number of aromatic nitrogens is 1. The number of pyridine rings is 1. The van der Waals surface area contributed by atoms with Gasteiger partial charge in [-0.1, -0.05) is 6.07 Å². The number of likely N-dealkylation sites (tertiary alicyclic amines) is 1. The monoisotopic (exact) mass is 331 g/mol. The maximum Gasteiger partial charge on any atom is 0.246 e. The minimum Gasteiger partial charge on any atom is -0.380 e. The molecule has 0 radical (unpaired) electrons. The van der Waals surface area contributed by atoms with Gasteiger partial charge in [-0.3, -0.25) is 19.5 Å². The van der Waals surface area contributed by atoms with Crippen LogP contribution >= 0.6 is 0 Å². The third-order valence-corrected chi connectivity index (χ3v) is 5.46. The lowest BCUT2D eigenvalue weighted by Crippen LogP contribution is -2.38. The summed E-state index contributed by atoms with van der Waals surface area (Å²) in [7, 11) is 0. The second-order valence-corrected chi connectivity index (χ2v) is 7.37. The molecule has 6 nitrogen and oxygen atoms in total. The van der Waals surface area contributed by atoms with Gasteiger partial charge in [0, 0.05) is 43.1 Å². The van der Waals surface area contributed by atoms with Crippen molar-refractivity contribution in [2.24, 2.45) is 11.3 Å². The summed E-state index contributed by atoms with van der Waals surface area (Å²) in [6, 6.07) is 6.15. The van der Waals surface area contributed by atoms with Crippen LogP contribution in [0.2, 0.25) is 0 Å². The molecule has 1 aromatic rings. The zero-order chi connectivity index (χ0) is 16.6. The fraction of sp³-hybridized carbons (Fsp3) is 0.667. The van der Waals surface area contributed by atoms with E-state index in [2.05, 4.69) is 22.0 Å². The Balaban J connectivity index is 1.43. The third-order valence-electron chi connectivity index (χ3n) is 5.46. The molecule has 0 unspecified atom stereocenters. The number of amides is 1. The first-order chi connectivity index (χ1) is 11.6. The van der Waals surface area contributed by atoms with Gasteiger partial charge in [0.1, 0.15) is 0 Å². The lowest BCUT2D eigenvalue weighted by molar-refractivity contribution is -0.171. The number of carbonyl (C=O) groups excluding carboxylic acids is 1. The first kappa shape index (κ1) is 16.0. The van der Waals surface area contributed by atoms with E-state index in [1.807, 2.05) is 13.0 Å². The molecule has 3 fully saturated rings. The number of aryl methyl sites for hydroxylation is 1. The van der Waals surface area contributed by atoms with E-state index in [0.29, 0.717) is 25.6 Å². The molecule has 24 heavy (non-hydrogen) atoms. The van der Waals surface area contributed by atoms with Crippen LogP contribution in [0.4, 0.5) is 0 Å². The van der Waals surface area contributed by atoms with Crippen LogP contribution in [0, 0.1) is 18.3 Å². The summed E-state index contributed by atoms with van der Waals surface area (Å²) < 4.78 is 5.74. The zero-order valence-corrected chi connectivity index (χ0v) is 14.2. The minimum absolute atomic E-state index is 0.0626. The van der Waals surface area contributed by atoms with Gasteiger partial charge in [-0.05, 0) is 25.5 Å². The molecule has 3 aliphatic rings. The molecule has 0 N–H and O–H groups in total. The van der Waals surface area contributed by atoms with Crippen LogP contribution in [0.1, 0.15) is 24.2 Å². The number of hydroxylamine groups is 2. The van der Waals surface area contributed by atoms with E-state index in [4.69, 9.17) is 9.57 Å². The van der Waals surface area contributed by atoms with Crippen molar-refractivity contribution in [3.05, 3.63) is 29.6 Å². The number of carbonyl (C=O) groups is 1. The van der Waals surface area contributed by atoms with E-state index < -0.39 is 0 Å². The van der Waals surface area contributed by atoms with Gasteiger partial charge in [-0.25, -0.2) is 5.06 Å². The molecule has 0 spiro atoms. The largest absolute Gasteiger partial charge is 0.380 e. The van der Waals surface area contributed by atoms with Crippen molar-refractivity contribution in [3.63, 3.8) is 0 Å². The normalized spacial score (nSPS) is 30.0. The molecule has 0 saturated carbocycles. The Morgan fingerprint density at radius 1 is 1.46 bits per heavy atom. The van der Waals surface area contributed by atoms with Crippen molar-refractivity contribution < 1.29 is 14.4 Å². The first-order valence-corrected chi connectivity index (χ1v) is 8.81. The topological polar surface area (TPSA) is 54.9 Å². The molecule has 2 atom stereocenters. The predicted molar refractivity (Wildman–Crippen MR) is 87.9 cm³/mol. The molecular formula is C18H25N3O3. The van der Waals surface area contributed by atoms with Crippen molar-refractivity contribution in [1.82, 2.24) is 14.9 Å². The highest BCUT2D eigenvalue weighted by Crippen LogP contribution is 2.44. The van der Waals surface area contributed by atoms with Gasteiger partial charge in [0.25, 0.3) is 0 Å². The van der Waals surface area contributed by atoms with E-state index in [1.54, 1.807) is 5.06 Å². The summed E-state index contributed by atoms with van der Waals surface area (Å²) in [5, 5.41) is 1.55. The lowest BCUT2D eigenvalue weighted by atomic mass is 9.78. The van der Waals surface area contributed by atoms with E-state index in [1.165, 1.54) is 0 Å². The van der Waals surface area contributed by atoms with Gasteiger partial charge >= 0.3 is 0 Å². The maximum absolute atomic E-state index is 12.6. The first-order valence-electron chi connectivity index (χ1n) is 8.81. The highest BCUT2D eigenvalue weighted by atomic mass is 16.7. The summed E-state index contributed by atoms with van der Waals surface area (Å²) in [5.41, 5.74) is 2.08. The molecule has 4 rings (SSSR count). The molecule has 6 heteroatoms. The molecule has 4 heterocycles. The SMILES string of the molecule is Cc1cccc(CN2C[C@@H]3COC[C@]3(CC(=O)N3CCCO3)C2)n1. The summed E-state index contributed by atoms with van der Waals surface area (Å²) in [5.74, 6) is 0.535. The Morgan fingerprint density at radius 2 is 2.38 bits per heavy atom. The van der Waals surface area contributed by atoms with Crippen molar-refractivity contribution in [2.75, 3.05) is 39.5 Å². The van der Waals surface area contributed by atoms with Gasteiger partial charge in [0.2, 0.25) is 5.91 Å². The van der Waals surface area contributed by atoms with Gasteiger partial charge in [0.05, 0.1) is 32.1 Å². The molecule has 0 bridgehead atoms. The van der Waals surface area contributed by atoms with Crippen molar-refractivity contribution in [3.8, 4) is 0 Å². The van der Waals surface area contributed by atoms with Crippen LogP contribution in [0.5, 0.6) is 0 Å². The summed E-state index contributed by atoms with van der Waals surface area (Å²) in [4.78, 5) is 25.0. The number of hydrogen-bond donors (Lipinski definition) is 0. The van der Waals surface area contributed by atoms with Crippen LogP contribution in [0.25, 0.3) is 0 Å². The number of hydrogen-bond acceptors (Lipinski definition) is 5. The summed E-state index contributed by atoms with van der Waals surface area (Å²) in [6.45, 7) is 7.54. The van der Waals surface area contributed by atoms with Crippen LogP contribution in [-0.2, 0) is 20.9 Å². The molecule has 3 aliphatic heterocycles. The van der Waals surface area contributed by atoms with Crippen LogP contribution < -0.4 is 0 Å². The zero-order valence-electron chi connectivity index (χ0n) is 14.2. The van der Waals surface area contributed by atoms with Crippen LogP contribution in [0.15, 0.2) is 18.2 Å². The second-order valence-electron chi connectivity index (χ2n) is 7.37. The Hall–Kier alpha value is -1.50. The standard InChI is InChI=1S/C18H25N3O3/c1-14-4-2-5-16(19-14)10-20-9-15-11-23-13-18(15,12-20)8-17(22)21-6-3-7-24-21/h2,4-5,15H,3,6-13H2,1H3/t15-,18+/m1/s1. The van der Waals surface area contributed by atoms with Crippen molar-refractivity contribution in [1.29, 1.82) is 0 Å². The quantitative estimate of drug-likeness (QED) is 0.835. The number of ether oxygens (including phenoxy) is 1. The van der Waals surface area contributed by atoms with Gasteiger partial charge in [-0.15, -0.1) is 0 Å². The number of rotatable bonds is 4. The number of nitrogens with zero attached hydrogens (tertiary/aromatic N) is 3. The highest BCUT2D eigenvalue weighted by molar-refractivity contribution is 5.76. The molecule has 0 aromatic carbocycles. The van der Waals surface area contributed by atoms with Crippen molar-refractivity contribution in [2.45, 2.75) is 26.3 Å². The van der Waals surface area contributed by atoms with Gasteiger partial charge < -0.3 is 4.74 Å².